The van der Waals surface area contributed by atoms with Crippen LogP contribution in [0.1, 0.15) is 58.2 Å². The van der Waals surface area contributed by atoms with Crippen molar-refractivity contribution in [2.75, 3.05) is 0 Å². The molecule has 1 aromatic heterocycles. The van der Waals surface area contributed by atoms with Crippen molar-refractivity contribution < 1.29 is 4.52 Å². The summed E-state index contributed by atoms with van der Waals surface area (Å²) in [6.45, 7) is 5.97. The van der Waals surface area contributed by atoms with E-state index in [1.54, 1.807) is 0 Å². The van der Waals surface area contributed by atoms with Gasteiger partial charge in [0, 0.05) is 5.41 Å². The zero-order valence-corrected chi connectivity index (χ0v) is 9.71. The van der Waals surface area contributed by atoms with Crippen LogP contribution < -0.4 is 5.73 Å². The molecule has 1 aromatic rings. The van der Waals surface area contributed by atoms with Crippen LogP contribution in [-0.4, -0.2) is 10.1 Å². The molecule has 2 N–H and O–H groups in total. The predicted octanol–water partition coefficient (Wildman–Crippen LogP) is 2.10. The molecule has 1 aliphatic rings. The normalized spacial score (nSPS) is 20.8. The maximum Gasteiger partial charge on any atom is 0.232 e. The first kappa shape index (κ1) is 10.6. The highest BCUT2D eigenvalue weighted by atomic mass is 16.5. The van der Waals surface area contributed by atoms with E-state index in [0.29, 0.717) is 5.82 Å². The summed E-state index contributed by atoms with van der Waals surface area (Å²) in [6, 6.07) is 0. The van der Waals surface area contributed by atoms with Gasteiger partial charge in [0.2, 0.25) is 5.89 Å². The molecule has 0 radical (unpaired) electrons. The Hall–Kier alpha value is -0.900. The summed E-state index contributed by atoms with van der Waals surface area (Å²) in [5.41, 5.74) is 5.49. The maximum absolute atomic E-state index is 5.93. The van der Waals surface area contributed by atoms with E-state index in [9.17, 15) is 0 Å². The second-order valence-electron chi connectivity index (χ2n) is 5.41. The zero-order chi connectivity index (χ0) is 11.1. The third kappa shape index (κ3) is 1.91. The Kier molecular flexibility index (Phi) is 2.34. The van der Waals surface area contributed by atoms with Crippen molar-refractivity contribution in [3.8, 4) is 0 Å². The lowest BCUT2D eigenvalue weighted by Crippen LogP contribution is -2.30. The van der Waals surface area contributed by atoms with Gasteiger partial charge in [0.1, 0.15) is 0 Å². The van der Waals surface area contributed by atoms with E-state index in [-0.39, 0.29) is 5.41 Å². The molecule has 4 heteroatoms. The Morgan fingerprint density at radius 2 is 1.93 bits per heavy atom. The van der Waals surface area contributed by atoms with Gasteiger partial charge in [-0.05, 0) is 26.7 Å². The van der Waals surface area contributed by atoms with Gasteiger partial charge in [-0.25, -0.2) is 0 Å². The number of nitrogens with zero attached hydrogens (tertiary/aromatic N) is 2. The molecule has 1 saturated carbocycles. The second kappa shape index (κ2) is 3.30. The third-order valence-corrected chi connectivity index (χ3v) is 3.23. The first-order chi connectivity index (χ1) is 6.92. The van der Waals surface area contributed by atoms with Crippen LogP contribution in [0.25, 0.3) is 0 Å². The lowest BCUT2D eigenvalue weighted by atomic mass is 9.89. The molecule has 4 nitrogen and oxygen atoms in total. The van der Waals surface area contributed by atoms with Crippen LogP contribution in [0.3, 0.4) is 0 Å². The summed E-state index contributed by atoms with van der Waals surface area (Å²) in [7, 11) is 0. The molecule has 84 valence electrons. The van der Waals surface area contributed by atoms with E-state index in [0.717, 1.165) is 18.7 Å². The van der Waals surface area contributed by atoms with E-state index in [4.69, 9.17) is 10.3 Å². The standard InChI is InChI=1S/C11H19N3O/c1-10(2,12)8-13-9(15-14-8)11(3)6-4-5-7-11/h4-7,12H2,1-3H3. The van der Waals surface area contributed by atoms with Crippen LogP contribution in [0, 0.1) is 0 Å². The highest BCUT2D eigenvalue weighted by Gasteiger charge is 2.37. The summed E-state index contributed by atoms with van der Waals surface area (Å²) in [5.74, 6) is 1.36. The summed E-state index contributed by atoms with van der Waals surface area (Å²) in [6.07, 6.45) is 4.78. The van der Waals surface area contributed by atoms with Gasteiger partial charge in [-0.15, -0.1) is 0 Å². The van der Waals surface area contributed by atoms with E-state index in [2.05, 4.69) is 17.1 Å². The second-order valence-corrected chi connectivity index (χ2v) is 5.41. The number of nitrogens with two attached hydrogens (primary N) is 1. The molecule has 15 heavy (non-hydrogen) atoms. The molecule has 0 bridgehead atoms. The van der Waals surface area contributed by atoms with E-state index < -0.39 is 5.54 Å². The minimum absolute atomic E-state index is 0.0799. The molecule has 0 amide bonds. The first-order valence-electron chi connectivity index (χ1n) is 5.55. The molecule has 2 rings (SSSR count). The lowest BCUT2D eigenvalue weighted by molar-refractivity contribution is 0.291. The van der Waals surface area contributed by atoms with Crippen molar-refractivity contribution in [1.29, 1.82) is 0 Å². The van der Waals surface area contributed by atoms with Crippen LogP contribution in [0.5, 0.6) is 0 Å². The number of rotatable bonds is 2. The quantitative estimate of drug-likeness (QED) is 0.810. The molecule has 1 fully saturated rings. The van der Waals surface area contributed by atoms with E-state index in [1.165, 1.54) is 12.8 Å². The zero-order valence-electron chi connectivity index (χ0n) is 9.71. The van der Waals surface area contributed by atoms with E-state index >= 15 is 0 Å². The molecule has 0 saturated heterocycles. The van der Waals surface area contributed by atoms with Crippen LogP contribution in [0.2, 0.25) is 0 Å². The smallest absolute Gasteiger partial charge is 0.232 e. The van der Waals surface area contributed by atoms with Gasteiger partial charge < -0.3 is 10.3 Å². The number of hydrogen-bond acceptors (Lipinski definition) is 4. The molecule has 0 aromatic carbocycles. The fourth-order valence-electron chi connectivity index (χ4n) is 2.10. The summed E-state index contributed by atoms with van der Waals surface area (Å²) < 4.78 is 5.34. The van der Waals surface area contributed by atoms with Crippen molar-refractivity contribution in [3.05, 3.63) is 11.7 Å². The molecule has 0 atom stereocenters. The van der Waals surface area contributed by atoms with Crippen LogP contribution >= 0.6 is 0 Å². The predicted molar refractivity (Wildman–Crippen MR) is 57.3 cm³/mol. The van der Waals surface area contributed by atoms with Gasteiger partial charge in [0.25, 0.3) is 0 Å². The van der Waals surface area contributed by atoms with Crippen molar-refractivity contribution >= 4 is 0 Å². The Balaban J connectivity index is 2.27. The molecule has 1 aliphatic carbocycles. The largest absolute Gasteiger partial charge is 0.339 e. The fourth-order valence-corrected chi connectivity index (χ4v) is 2.10. The van der Waals surface area contributed by atoms with Crippen molar-refractivity contribution in [2.24, 2.45) is 5.73 Å². The average molecular weight is 209 g/mol. The summed E-state index contributed by atoms with van der Waals surface area (Å²) >= 11 is 0. The van der Waals surface area contributed by atoms with Gasteiger partial charge in [0.15, 0.2) is 5.82 Å². The van der Waals surface area contributed by atoms with Crippen LogP contribution in [0.15, 0.2) is 4.52 Å². The molecular formula is C11H19N3O. The van der Waals surface area contributed by atoms with Crippen molar-refractivity contribution in [2.45, 2.75) is 57.4 Å². The Bertz CT molecular complexity index is 345. The van der Waals surface area contributed by atoms with Gasteiger partial charge in [0.05, 0.1) is 5.54 Å². The van der Waals surface area contributed by atoms with Gasteiger partial charge in [-0.1, -0.05) is 24.9 Å². The van der Waals surface area contributed by atoms with E-state index in [1.807, 2.05) is 13.8 Å². The van der Waals surface area contributed by atoms with Crippen LogP contribution in [-0.2, 0) is 11.0 Å². The SMILES string of the molecule is CC(C)(N)c1noc(C2(C)CCCC2)n1. The first-order valence-corrected chi connectivity index (χ1v) is 5.55. The molecular weight excluding hydrogens is 190 g/mol. The number of hydrogen-bond donors (Lipinski definition) is 1. The topological polar surface area (TPSA) is 64.9 Å². The fraction of sp³-hybridized carbons (Fsp3) is 0.818. The minimum Gasteiger partial charge on any atom is -0.339 e. The van der Waals surface area contributed by atoms with Gasteiger partial charge in [-0.3, -0.25) is 0 Å². The monoisotopic (exact) mass is 209 g/mol. The molecule has 0 spiro atoms. The number of aromatic nitrogens is 2. The van der Waals surface area contributed by atoms with Gasteiger partial charge in [-0.2, -0.15) is 4.98 Å². The highest BCUT2D eigenvalue weighted by molar-refractivity contribution is 5.08. The van der Waals surface area contributed by atoms with Crippen LogP contribution in [0.4, 0.5) is 0 Å². The Morgan fingerprint density at radius 1 is 1.33 bits per heavy atom. The third-order valence-electron chi connectivity index (χ3n) is 3.23. The molecule has 0 unspecified atom stereocenters. The molecule has 1 heterocycles. The molecule has 0 aliphatic heterocycles. The average Bonchev–Trinajstić information content (AvgIpc) is 2.69. The minimum atomic E-state index is -0.517. The Labute approximate surface area is 90.2 Å². The summed E-state index contributed by atoms with van der Waals surface area (Å²) in [4.78, 5) is 4.43. The maximum atomic E-state index is 5.93. The van der Waals surface area contributed by atoms with Crippen molar-refractivity contribution in [1.82, 2.24) is 10.1 Å². The highest BCUT2D eigenvalue weighted by Crippen LogP contribution is 2.39. The van der Waals surface area contributed by atoms with Crippen molar-refractivity contribution in [3.63, 3.8) is 0 Å². The Morgan fingerprint density at radius 3 is 2.40 bits per heavy atom. The lowest BCUT2D eigenvalue weighted by Gasteiger charge is -2.17. The van der Waals surface area contributed by atoms with Gasteiger partial charge >= 0.3 is 0 Å². The summed E-state index contributed by atoms with van der Waals surface area (Å²) in [5, 5.41) is 3.97.